The van der Waals surface area contributed by atoms with Crippen LogP contribution in [0.3, 0.4) is 0 Å². The average molecular weight is 291 g/mol. The highest BCUT2D eigenvalue weighted by molar-refractivity contribution is 7.91. The van der Waals surface area contributed by atoms with Crippen molar-refractivity contribution in [1.29, 1.82) is 0 Å². The fourth-order valence-corrected chi connectivity index (χ4v) is 3.92. The molecule has 1 saturated heterocycles. The molecule has 1 aromatic carbocycles. The molecule has 0 amide bonds. The Morgan fingerprint density at radius 3 is 2.40 bits per heavy atom. The number of hydrogen-bond acceptors (Lipinski definition) is 4. The van der Waals surface area contributed by atoms with Crippen LogP contribution in [0.5, 0.6) is 0 Å². The summed E-state index contributed by atoms with van der Waals surface area (Å²) >= 11 is 0. The van der Waals surface area contributed by atoms with Crippen molar-refractivity contribution in [3.8, 4) is 11.3 Å². The van der Waals surface area contributed by atoms with E-state index < -0.39 is 9.84 Å². The van der Waals surface area contributed by atoms with Crippen LogP contribution >= 0.6 is 0 Å². The van der Waals surface area contributed by atoms with Gasteiger partial charge in [0.25, 0.3) is 0 Å². The Bertz CT molecular complexity index is 649. The minimum Gasteiger partial charge on any atom is -0.382 e. The molecule has 2 heterocycles. The molecule has 0 bridgehead atoms. The Balaban J connectivity index is 1.64. The van der Waals surface area contributed by atoms with Gasteiger partial charge in [0, 0.05) is 17.9 Å². The highest BCUT2D eigenvalue weighted by atomic mass is 32.2. The van der Waals surface area contributed by atoms with E-state index in [-0.39, 0.29) is 17.5 Å². The normalized spacial score (nSPS) is 18.8. The highest BCUT2D eigenvalue weighted by Gasteiger charge is 2.23. The lowest BCUT2D eigenvalue weighted by molar-refractivity contribution is 0.559. The lowest BCUT2D eigenvalue weighted by Crippen LogP contribution is -2.32. The summed E-state index contributed by atoms with van der Waals surface area (Å²) in [7, 11) is -2.80. The molecule has 1 aliphatic rings. The van der Waals surface area contributed by atoms with Gasteiger partial charge >= 0.3 is 0 Å². The maximum atomic E-state index is 11.4. The lowest BCUT2D eigenvalue weighted by Gasteiger charge is -2.24. The summed E-state index contributed by atoms with van der Waals surface area (Å²) in [5, 5.41) is 10.3. The van der Waals surface area contributed by atoms with Crippen LogP contribution in [0, 0.1) is 0 Å². The van der Waals surface area contributed by atoms with E-state index in [1.807, 2.05) is 30.3 Å². The Labute approximate surface area is 118 Å². The number of rotatable bonds is 3. The van der Waals surface area contributed by atoms with Gasteiger partial charge < -0.3 is 5.32 Å². The monoisotopic (exact) mass is 291 g/mol. The molecule has 1 aromatic heterocycles. The predicted molar refractivity (Wildman–Crippen MR) is 79.3 cm³/mol. The lowest BCUT2D eigenvalue weighted by atomic mass is 10.1. The first-order valence-corrected chi connectivity index (χ1v) is 8.51. The second-order valence-electron chi connectivity index (χ2n) is 5.12. The van der Waals surface area contributed by atoms with Crippen molar-refractivity contribution in [1.82, 2.24) is 10.2 Å². The zero-order valence-electron chi connectivity index (χ0n) is 11.0. The first kappa shape index (κ1) is 13.2. The number of anilines is 1. The fourth-order valence-electron chi connectivity index (χ4n) is 2.43. The second-order valence-corrected chi connectivity index (χ2v) is 7.42. The highest BCUT2D eigenvalue weighted by Crippen LogP contribution is 2.21. The zero-order chi connectivity index (χ0) is 14.0. The molecule has 2 N–H and O–H groups in total. The Morgan fingerprint density at radius 2 is 1.80 bits per heavy atom. The molecule has 0 atom stereocenters. The van der Waals surface area contributed by atoms with E-state index in [1.54, 1.807) is 6.20 Å². The number of sulfone groups is 1. The fraction of sp³-hybridized carbons (Fsp3) is 0.357. The van der Waals surface area contributed by atoms with E-state index in [2.05, 4.69) is 15.5 Å². The number of nitrogens with one attached hydrogen (secondary N) is 2. The number of benzene rings is 1. The van der Waals surface area contributed by atoms with Crippen molar-refractivity contribution in [2.24, 2.45) is 0 Å². The van der Waals surface area contributed by atoms with Crippen molar-refractivity contribution in [2.45, 2.75) is 18.9 Å². The molecule has 5 nitrogen and oxygen atoms in total. The van der Waals surface area contributed by atoms with Gasteiger partial charge in [-0.1, -0.05) is 12.1 Å². The SMILES string of the molecule is O=S1(=O)CCC(Nc2ccc(-c3ccn[nH]3)cc2)CC1. The van der Waals surface area contributed by atoms with E-state index in [0.29, 0.717) is 12.8 Å². The van der Waals surface area contributed by atoms with Crippen molar-refractivity contribution in [3.05, 3.63) is 36.5 Å². The molecule has 0 unspecified atom stereocenters. The van der Waals surface area contributed by atoms with E-state index in [1.165, 1.54) is 0 Å². The van der Waals surface area contributed by atoms with Gasteiger partial charge in [0.05, 0.1) is 17.2 Å². The van der Waals surface area contributed by atoms with Gasteiger partial charge in [0.15, 0.2) is 0 Å². The summed E-state index contributed by atoms with van der Waals surface area (Å²) < 4.78 is 22.8. The molecular weight excluding hydrogens is 274 g/mol. The van der Waals surface area contributed by atoms with Crippen LogP contribution in [-0.2, 0) is 9.84 Å². The number of aromatic amines is 1. The summed E-state index contributed by atoms with van der Waals surface area (Å²) in [5.41, 5.74) is 3.09. The predicted octanol–water partition coefficient (Wildman–Crippen LogP) is 2.07. The summed E-state index contributed by atoms with van der Waals surface area (Å²) in [6.07, 6.45) is 3.10. The second kappa shape index (κ2) is 5.28. The van der Waals surface area contributed by atoms with Gasteiger partial charge in [-0.15, -0.1) is 0 Å². The molecule has 2 aromatic rings. The van der Waals surface area contributed by atoms with Crippen LogP contribution in [0.2, 0.25) is 0 Å². The average Bonchev–Trinajstić information content (AvgIpc) is 2.96. The molecule has 20 heavy (non-hydrogen) atoms. The molecule has 106 valence electrons. The third-order valence-electron chi connectivity index (χ3n) is 3.62. The van der Waals surface area contributed by atoms with Crippen LogP contribution in [0.4, 0.5) is 5.69 Å². The summed E-state index contributed by atoms with van der Waals surface area (Å²) in [6, 6.07) is 10.2. The Hall–Kier alpha value is -1.82. The van der Waals surface area contributed by atoms with Gasteiger partial charge in [0.2, 0.25) is 0 Å². The van der Waals surface area contributed by atoms with Crippen LogP contribution in [0.15, 0.2) is 36.5 Å². The Kier molecular flexibility index (Phi) is 3.48. The van der Waals surface area contributed by atoms with Crippen LogP contribution < -0.4 is 5.32 Å². The molecule has 3 rings (SSSR count). The smallest absolute Gasteiger partial charge is 0.150 e. The van der Waals surface area contributed by atoms with E-state index >= 15 is 0 Å². The standard InChI is InChI=1S/C14H17N3O2S/c18-20(19)9-6-13(7-10-20)16-12-3-1-11(2-4-12)14-5-8-15-17-14/h1-5,8,13,16H,6-7,9-10H2,(H,15,17). The number of H-pyrrole nitrogens is 1. The molecule has 0 spiro atoms. The minimum absolute atomic E-state index is 0.247. The van der Waals surface area contributed by atoms with E-state index in [9.17, 15) is 8.42 Å². The first-order valence-electron chi connectivity index (χ1n) is 6.69. The summed E-state index contributed by atoms with van der Waals surface area (Å²) in [6.45, 7) is 0. The third kappa shape index (κ3) is 3.01. The molecule has 1 aliphatic heterocycles. The Morgan fingerprint density at radius 1 is 1.10 bits per heavy atom. The van der Waals surface area contributed by atoms with Crippen molar-refractivity contribution >= 4 is 15.5 Å². The maximum absolute atomic E-state index is 11.4. The molecule has 0 radical (unpaired) electrons. The van der Waals surface area contributed by atoms with Crippen molar-refractivity contribution in [3.63, 3.8) is 0 Å². The number of aromatic nitrogens is 2. The van der Waals surface area contributed by atoms with Gasteiger partial charge in [-0.25, -0.2) is 8.42 Å². The molecule has 0 saturated carbocycles. The van der Waals surface area contributed by atoms with Crippen molar-refractivity contribution < 1.29 is 8.42 Å². The molecule has 0 aliphatic carbocycles. The van der Waals surface area contributed by atoms with Gasteiger partial charge in [-0.05, 0) is 36.6 Å². The summed E-state index contributed by atoms with van der Waals surface area (Å²) in [5.74, 6) is 0.577. The van der Waals surface area contributed by atoms with Crippen molar-refractivity contribution in [2.75, 3.05) is 16.8 Å². The molecular formula is C14H17N3O2S. The van der Waals surface area contributed by atoms with E-state index in [0.717, 1.165) is 16.9 Å². The summed E-state index contributed by atoms with van der Waals surface area (Å²) in [4.78, 5) is 0. The first-order chi connectivity index (χ1) is 9.62. The van der Waals surface area contributed by atoms with Crippen LogP contribution in [0.1, 0.15) is 12.8 Å². The molecule has 1 fully saturated rings. The van der Waals surface area contributed by atoms with Crippen LogP contribution in [0.25, 0.3) is 11.3 Å². The third-order valence-corrected chi connectivity index (χ3v) is 5.34. The zero-order valence-corrected chi connectivity index (χ0v) is 11.9. The topological polar surface area (TPSA) is 74.8 Å². The number of hydrogen-bond donors (Lipinski definition) is 2. The van der Waals surface area contributed by atoms with E-state index in [4.69, 9.17) is 0 Å². The quantitative estimate of drug-likeness (QED) is 0.907. The minimum atomic E-state index is -2.80. The number of nitrogens with zero attached hydrogens (tertiary/aromatic N) is 1. The van der Waals surface area contributed by atoms with Gasteiger partial charge in [-0.2, -0.15) is 5.10 Å². The molecule has 6 heteroatoms. The van der Waals surface area contributed by atoms with Gasteiger partial charge in [-0.3, -0.25) is 5.10 Å². The maximum Gasteiger partial charge on any atom is 0.150 e. The van der Waals surface area contributed by atoms with Crippen LogP contribution in [-0.4, -0.2) is 36.2 Å². The van der Waals surface area contributed by atoms with Gasteiger partial charge in [0.1, 0.15) is 9.84 Å². The largest absolute Gasteiger partial charge is 0.382 e.